The summed E-state index contributed by atoms with van der Waals surface area (Å²) in [4.78, 5) is 13.2. The van der Waals surface area contributed by atoms with Crippen LogP contribution in [-0.4, -0.2) is 16.6 Å². The molecular formula is C22H16ClFN2O. The predicted octanol–water partition coefficient (Wildman–Crippen LogP) is 5.01. The molecule has 1 heterocycles. The quantitative estimate of drug-likeness (QED) is 0.628. The normalized spacial score (nSPS) is 16.5. The first kappa shape index (κ1) is 17.4. The van der Waals surface area contributed by atoms with Crippen LogP contribution in [-0.2, 0) is 11.3 Å². The summed E-state index contributed by atoms with van der Waals surface area (Å²) in [6.45, 7) is 0.192. The Kier molecular flexibility index (Phi) is 4.73. The summed E-state index contributed by atoms with van der Waals surface area (Å²) in [5, 5.41) is 6.30. The Hall–Kier alpha value is -2.98. The number of rotatable bonds is 4. The van der Waals surface area contributed by atoms with Crippen LogP contribution >= 0.6 is 11.6 Å². The van der Waals surface area contributed by atoms with Crippen molar-refractivity contribution in [3.63, 3.8) is 0 Å². The maximum atomic E-state index is 13.3. The van der Waals surface area contributed by atoms with Gasteiger partial charge in [-0.25, -0.2) is 9.40 Å². The first-order chi connectivity index (χ1) is 13.1. The molecule has 1 amide bonds. The van der Waals surface area contributed by atoms with Gasteiger partial charge < -0.3 is 0 Å². The number of halogens is 2. The van der Waals surface area contributed by atoms with Crippen LogP contribution in [0.1, 0.15) is 22.6 Å². The number of hydrogen-bond donors (Lipinski definition) is 0. The zero-order valence-corrected chi connectivity index (χ0v) is 15.1. The second-order valence-electron chi connectivity index (χ2n) is 6.33. The summed E-state index contributed by atoms with van der Waals surface area (Å²) in [6.07, 6.45) is 0. The van der Waals surface area contributed by atoms with Gasteiger partial charge in [0.15, 0.2) is 0 Å². The molecule has 0 radical (unpaired) electrons. The second kappa shape index (κ2) is 7.33. The number of hydrogen-bond acceptors (Lipinski definition) is 2. The highest BCUT2D eigenvalue weighted by atomic mass is 35.5. The zero-order valence-electron chi connectivity index (χ0n) is 14.3. The van der Waals surface area contributed by atoms with Crippen molar-refractivity contribution in [2.75, 3.05) is 0 Å². The molecule has 0 spiro atoms. The SMILES string of the molecule is O=C1C(c2ccccc2)C(c2ccccc2)=NN1Cc1ccc(F)cc1Cl. The molecule has 0 saturated heterocycles. The van der Waals surface area contributed by atoms with Crippen LogP contribution in [0.2, 0.25) is 5.02 Å². The molecule has 27 heavy (non-hydrogen) atoms. The summed E-state index contributed by atoms with van der Waals surface area (Å²) >= 11 is 6.14. The van der Waals surface area contributed by atoms with E-state index in [2.05, 4.69) is 5.10 Å². The first-order valence-electron chi connectivity index (χ1n) is 8.57. The van der Waals surface area contributed by atoms with E-state index in [0.29, 0.717) is 11.3 Å². The van der Waals surface area contributed by atoms with Gasteiger partial charge >= 0.3 is 0 Å². The molecule has 1 unspecified atom stereocenters. The van der Waals surface area contributed by atoms with Crippen LogP contribution in [0.15, 0.2) is 84.0 Å². The molecule has 0 fully saturated rings. The Morgan fingerprint density at radius 3 is 2.30 bits per heavy atom. The molecule has 0 saturated carbocycles. The molecule has 0 bridgehead atoms. The zero-order chi connectivity index (χ0) is 18.8. The van der Waals surface area contributed by atoms with E-state index < -0.39 is 11.7 Å². The van der Waals surface area contributed by atoms with Crippen LogP contribution in [0.5, 0.6) is 0 Å². The van der Waals surface area contributed by atoms with E-state index >= 15 is 0 Å². The molecule has 4 rings (SSSR count). The van der Waals surface area contributed by atoms with Gasteiger partial charge in [-0.1, -0.05) is 78.3 Å². The first-order valence-corrected chi connectivity index (χ1v) is 8.95. The summed E-state index contributed by atoms with van der Waals surface area (Å²) < 4.78 is 13.3. The average Bonchev–Trinajstić information content (AvgIpc) is 3.02. The van der Waals surface area contributed by atoms with E-state index in [1.807, 2.05) is 60.7 Å². The van der Waals surface area contributed by atoms with Crippen LogP contribution in [0, 0.1) is 5.82 Å². The number of amides is 1. The minimum atomic E-state index is -0.479. The fraction of sp³-hybridized carbons (Fsp3) is 0.0909. The topological polar surface area (TPSA) is 32.7 Å². The van der Waals surface area contributed by atoms with Gasteiger partial charge in [-0.05, 0) is 28.8 Å². The molecule has 1 atom stereocenters. The molecular weight excluding hydrogens is 363 g/mol. The van der Waals surface area contributed by atoms with Crippen molar-refractivity contribution in [3.05, 3.63) is 106 Å². The van der Waals surface area contributed by atoms with Crippen molar-refractivity contribution >= 4 is 23.2 Å². The van der Waals surface area contributed by atoms with Gasteiger partial charge in [0, 0.05) is 5.02 Å². The summed E-state index contributed by atoms with van der Waals surface area (Å²) in [7, 11) is 0. The molecule has 134 valence electrons. The molecule has 5 heteroatoms. The molecule has 1 aliphatic heterocycles. The van der Waals surface area contributed by atoms with E-state index in [1.54, 1.807) is 6.07 Å². The lowest BCUT2D eigenvalue weighted by molar-refractivity contribution is -0.130. The number of nitrogens with zero attached hydrogens (tertiary/aromatic N) is 2. The van der Waals surface area contributed by atoms with E-state index in [4.69, 9.17) is 11.6 Å². The second-order valence-corrected chi connectivity index (χ2v) is 6.73. The van der Waals surface area contributed by atoms with Crippen LogP contribution < -0.4 is 0 Å². The summed E-state index contributed by atoms with van der Waals surface area (Å²) in [5.74, 6) is -1.01. The van der Waals surface area contributed by atoms with Gasteiger partial charge in [-0.2, -0.15) is 5.10 Å². The van der Waals surface area contributed by atoms with E-state index in [-0.39, 0.29) is 17.5 Å². The van der Waals surface area contributed by atoms with E-state index in [1.165, 1.54) is 17.1 Å². The van der Waals surface area contributed by atoms with Crippen LogP contribution in [0.4, 0.5) is 4.39 Å². The maximum Gasteiger partial charge on any atom is 0.256 e. The van der Waals surface area contributed by atoms with Gasteiger partial charge in [0.25, 0.3) is 5.91 Å². The highest BCUT2D eigenvalue weighted by molar-refractivity contribution is 6.31. The third kappa shape index (κ3) is 3.49. The number of hydrazone groups is 1. The molecule has 1 aliphatic rings. The van der Waals surface area contributed by atoms with Crippen molar-refractivity contribution in [2.24, 2.45) is 5.10 Å². The summed E-state index contributed by atoms with van der Waals surface area (Å²) in [5.41, 5.74) is 3.13. The lowest BCUT2D eigenvalue weighted by atomic mass is 9.90. The van der Waals surface area contributed by atoms with Crippen molar-refractivity contribution in [1.29, 1.82) is 0 Å². The smallest absolute Gasteiger partial charge is 0.256 e. The van der Waals surface area contributed by atoms with Gasteiger partial charge in [-0.15, -0.1) is 0 Å². The standard InChI is InChI=1S/C22H16ClFN2O/c23-19-13-18(24)12-11-17(19)14-26-22(27)20(15-7-3-1-4-8-15)21(25-26)16-9-5-2-6-10-16/h1-13,20H,14H2. The Morgan fingerprint density at radius 2 is 1.63 bits per heavy atom. The van der Waals surface area contributed by atoms with Crippen molar-refractivity contribution in [1.82, 2.24) is 5.01 Å². The van der Waals surface area contributed by atoms with E-state index in [9.17, 15) is 9.18 Å². The maximum absolute atomic E-state index is 13.3. The van der Waals surface area contributed by atoms with Gasteiger partial charge in [0.2, 0.25) is 0 Å². The molecule has 3 nitrogen and oxygen atoms in total. The number of carbonyl (C=O) groups excluding carboxylic acids is 1. The van der Waals surface area contributed by atoms with Crippen molar-refractivity contribution in [3.8, 4) is 0 Å². The fourth-order valence-corrected chi connectivity index (χ4v) is 3.43. The average molecular weight is 379 g/mol. The lowest BCUT2D eigenvalue weighted by Gasteiger charge is -2.15. The Bertz CT molecular complexity index is 1010. The highest BCUT2D eigenvalue weighted by Gasteiger charge is 2.37. The Balaban J connectivity index is 1.73. The largest absolute Gasteiger partial charge is 0.272 e. The number of carbonyl (C=O) groups is 1. The molecule has 3 aromatic rings. The lowest BCUT2D eigenvalue weighted by Crippen LogP contribution is -2.26. The molecule has 3 aromatic carbocycles. The van der Waals surface area contributed by atoms with Crippen LogP contribution in [0.3, 0.4) is 0 Å². The minimum absolute atomic E-state index is 0.125. The predicted molar refractivity (Wildman–Crippen MR) is 104 cm³/mol. The van der Waals surface area contributed by atoms with Crippen LogP contribution in [0.25, 0.3) is 0 Å². The molecule has 0 N–H and O–H groups in total. The third-order valence-corrected chi connectivity index (χ3v) is 4.89. The van der Waals surface area contributed by atoms with Crippen molar-refractivity contribution in [2.45, 2.75) is 12.5 Å². The Morgan fingerprint density at radius 1 is 0.963 bits per heavy atom. The minimum Gasteiger partial charge on any atom is -0.272 e. The van der Waals surface area contributed by atoms with Gasteiger partial charge in [-0.3, -0.25) is 4.79 Å². The molecule has 0 aliphatic carbocycles. The third-order valence-electron chi connectivity index (χ3n) is 4.54. The Labute approximate surface area is 161 Å². The number of benzene rings is 3. The summed E-state index contributed by atoms with van der Waals surface area (Å²) in [6, 6.07) is 23.4. The van der Waals surface area contributed by atoms with Gasteiger partial charge in [0.05, 0.1) is 12.3 Å². The van der Waals surface area contributed by atoms with Gasteiger partial charge in [0.1, 0.15) is 11.7 Å². The van der Waals surface area contributed by atoms with Crippen molar-refractivity contribution < 1.29 is 9.18 Å². The van der Waals surface area contributed by atoms with E-state index in [0.717, 1.165) is 11.1 Å². The molecule has 0 aromatic heterocycles. The monoisotopic (exact) mass is 378 g/mol. The highest BCUT2D eigenvalue weighted by Crippen LogP contribution is 2.31. The fourth-order valence-electron chi connectivity index (χ4n) is 3.21.